The number of aromatic nitrogens is 3. The summed E-state index contributed by atoms with van der Waals surface area (Å²) in [4.78, 5) is 7.58. The number of hydrogen-bond acceptors (Lipinski definition) is 8. The van der Waals surface area contributed by atoms with Crippen molar-refractivity contribution in [2.75, 3.05) is 19.9 Å². The van der Waals surface area contributed by atoms with Gasteiger partial charge in [-0.1, -0.05) is 11.6 Å². The quantitative estimate of drug-likeness (QED) is 0.626. The molecule has 0 aliphatic carbocycles. The number of rotatable bonds is 4. The lowest BCUT2D eigenvalue weighted by atomic mass is 9.97. The molecule has 1 atom stereocenters. The monoisotopic (exact) mass is 418 g/mol. The maximum Gasteiger partial charge on any atom is 0.259 e. The van der Waals surface area contributed by atoms with Crippen molar-refractivity contribution in [2.45, 2.75) is 32.2 Å². The number of thiazole rings is 1. The van der Waals surface area contributed by atoms with Gasteiger partial charge in [-0.25, -0.2) is 4.98 Å². The largest absolute Gasteiger partial charge is 0.454 e. The van der Waals surface area contributed by atoms with Gasteiger partial charge in [0.15, 0.2) is 11.5 Å². The molecule has 4 heterocycles. The minimum absolute atomic E-state index is 0.219. The SMILES string of the molecule is Cc1ncsc1-c1nnc([C@H]2CCCN(Cc3cc4c(cc3Cl)OCO4)C2)o1. The van der Waals surface area contributed by atoms with E-state index in [9.17, 15) is 0 Å². The average Bonchev–Trinajstić information content (AvgIpc) is 3.42. The maximum atomic E-state index is 6.45. The number of hydrogen-bond donors (Lipinski definition) is 0. The van der Waals surface area contributed by atoms with Crippen molar-refractivity contribution < 1.29 is 13.9 Å². The van der Waals surface area contributed by atoms with Crippen LogP contribution in [0.5, 0.6) is 11.5 Å². The molecule has 2 aliphatic rings. The van der Waals surface area contributed by atoms with Gasteiger partial charge in [0.1, 0.15) is 4.88 Å². The number of nitrogens with zero attached hydrogens (tertiary/aromatic N) is 4. The first-order chi connectivity index (χ1) is 13.7. The Bertz CT molecular complexity index is 1000. The van der Waals surface area contributed by atoms with Crippen LogP contribution in [-0.2, 0) is 6.54 Å². The van der Waals surface area contributed by atoms with Crippen LogP contribution in [0.25, 0.3) is 10.8 Å². The minimum Gasteiger partial charge on any atom is -0.454 e. The van der Waals surface area contributed by atoms with Gasteiger partial charge in [0.05, 0.1) is 17.1 Å². The number of fused-ring (bicyclic) bond motifs is 1. The first-order valence-electron chi connectivity index (χ1n) is 9.21. The molecule has 0 saturated carbocycles. The second-order valence-corrected chi connectivity index (χ2v) is 8.35. The lowest BCUT2D eigenvalue weighted by molar-refractivity contribution is 0.173. The van der Waals surface area contributed by atoms with Gasteiger partial charge in [0, 0.05) is 24.2 Å². The van der Waals surface area contributed by atoms with E-state index in [-0.39, 0.29) is 12.7 Å². The Labute approximate surface area is 171 Å². The Morgan fingerprint density at radius 3 is 2.93 bits per heavy atom. The Hall–Kier alpha value is -2.16. The highest BCUT2D eigenvalue weighted by atomic mass is 35.5. The number of halogens is 1. The summed E-state index contributed by atoms with van der Waals surface area (Å²) in [5, 5.41) is 9.26. The first kappa shape index (κ1) is 17.9. The molecule has 2 aliphatic heterocycles. The lowest BCUT2D eigenvalue weighted by Crippen LogP contribution is -2.34. The third kappa shape index (κ3) is 3.36. The van der Waals surface area contributed by atoms with Crippen molar-refractivity contribution in [2.24, 2.45) is 0 Å². The predicted molar refractivity (Wildman–Crippen MR) is 105 cm³/mol. The molecule has 2 aromatic heterocycles. The maximum absolute atomic E-state index is 6.45. The van der Waals surface area contributed by atoms with Crippen molar-refractivity contribution >= 4 is 22.9 Å². The fourth-order valence-corrected chi connectivity index (χ4v) is 4.66. The van der Waals surface area contributed by atoms with Crippen molar-refractivity contribution in [3.63, 3.8) is 0 Å². The average molecular weight is 419 g/mol. The van der Waals surface area contributed by atoms with Crippen LogP contribution in [-0.4, -0.2) is 40.0 Å². The number of ether oxygens (including phenoxy) is 2. The lowest BCUT2D eigenvalue weighted by Gasteiger charge is -2.31. The molecule has 0 spiro atoms. The number of benzene rings is 1. The summed E-state index contributed by atoms with van der Waals surface area (Å²) in [6, 6.07) is 3.81. The molecule has 28 heavy (non-hydrogen) atoms. The van der Waals surface area contributed by atoms with Gasteiger partial charge in [-0.2, -0.15) is 0 Å². The van der Waals surface area contributed by atoms with E-state index >= 15 is 0 Å². The summed E-state index contributed by atoms with van der Waals surface area (Å²) in [6.07, 6.45) is 2.11. The smallest absolute Gasteiger partial charge is 0.259 e. The zero-order chi connectivity index (χ0) is 19.1. The summed E-state index contributed by atoms with van der Waals surface area (Å²) in [7, 11) is 0. The van der Waals surface area contributed by atoms with Gasteiger partial charge in [-0.05, 0) is 37.9 Å². The van der Waals surface area contributed by atoms with Gasteiger partial charge in [-0.15, -0.1) is 21.5 Å². The molecule has 1 saturated heterocycles. The van der Waals surface area contributed by atoms with E-state index in [1.54, 1.807) is 5.51 Å². The zero-order valence-corrected chi connectivity index (χ0v) is 16.9. The van der Waals surface area contributed by atoms with Crippen molar-refractivity contribution in [1.29, 1.82) is 0 Å². The van der Waals surface area contributed by atoms with Crippen LogP contribution in [0.2, 0.25) is 5.02 Å². The number of piperidine rings is 1. The fraction of sp³-hybridized carbons (Fsp3) is 0.421. The molecule has 0 radical (unpaired) electrons. The van der Waals surface area contributed by atoms with Gasteiger partial charge in [-0.3, -0.25) is 4.90 Å². The van der Waals surface area contributed by atoms with E-state index in [2.05, 4.69) is 20.1 Å². The van der Waals surface area contributed by atoms with Crippen LogP contribution in [0, 0.1) is 6.92 Å². The predicted octanol–water partition coefficient (Wildman–Crippen LogP) is 4.26. The molecule has 5 rings (SSSR count). The summed E-state index contributed by atoms with van der Waals surface area (Å²) in [5.41, 5.74) is 3.76. The Kier molecular flexibility index (Phi) is 4.70. The van der Waals surface area contributed by atoms with Gasteiger partial charge in [0.25, 0.3) is 5.89 Å². The molecule has 7 nitrogen and oxygen atoms in total. The molecule has 0 unspecified atom stereocenters. The van der Waals surface area contributed by atoms with Gasteiger partial charge < -0.3 is 13.9 Å². The van der Waals surface area contributed by atoms with E-state index in [4.69, 9.17) is 25.5 Å². The van der Waals surface area contributed by atoms with Crippen LogP contribution in [0.4, 0.5) is 0 Å². The zero-order valence-electron chi connectivity index (χ0n) is 15.4. The Morgan fingerprint density at radius 2 is 2.11 bits per heavy atom. The number of likely N-dealkylation sites (tertiary alicyclic amines) is 1. The van der Waals surface area contributed by atoms with Crippen molar-refractivity contribution in [3.8, 4) is 22.3 Å². The molecule has 146 valence electrons. The molecule has 3 aromatic rings. The molecule has 1 aromatic carbocycles. The Balaban J connectivity index is 1.31. The highest BCUT2D eigenvalue weighted by molar-refractivity contribution is 7.13. The van der Waals surface area contributed by atoms with E-state index in [0.29, 0.717) is 22.6 Å². The summed E-state index contributed by atoms with van der Waals surface area (Å²) >= 11 is 7.97. The molecule has 0 amide bonds. The van der Waals surface area contributed by atoms with E-state index in [0.717, 1.165) is 54.4 Å². The van der Waals surface area contributed by atoms with Crippen molar-refractivity contribution in [1.82, 2.24) is 20.1 Å². The van der Waals surface area contributed by atoms with Gasteiger partial charge in [0.2, 0.25) is 12.7 Å². The fourth-order valence-electron chi connectivity index (χ4n) is 3.72. The van der Waals surface area contributed by atoms with E-state index in [1.807, 2.05) is 19.1 Å². The third-order valence-corrected chi connectivity index (χ3v) is 6.44. The van der Waals surface area contributed by atoms with Crippen LogP contribution in [0.3, 0.4) is 0 Å². The third-order valence-electron chi connectivity index (χ3n) is 5.17. The molecule has 1 fully saturated rings. The minimum atomic E-state index is 0.219. The molecular formula is C19H19ClN4O3S. The second kappa shape index (κ2) is 7.35. The van der Waals surface area contributed by atoms with Crippen LogP contribution < -0.4 is 9.47 Å². The summed E-state index contributed by atoms with van der Waals surface area (Å²) in [5.74, 6) is 2.95. The topological polar surface area (TPSA) is 73.5 Å². The summed E-state index contributed by atoms with van der Waals surface area (Å²) < 4.78 is 16.9. The highest BCUT2D eigenvalue weighted by Gasteiger charge is 2.27. The van der Waals surface area contributed by atoms with Crippen LogP contribution in [0.1, 0.15) is 35.9 Å². The molecular weight excluding hydrogens is 400 g/mol. The van der Waals surface area contributed by atoms with E-state index < -0.39 is 0 Å². The number of aryl methyl sites for hydroxylation is 1. The normalized spacial score (nSPS) is 19.3. The second-order valence-electron chi connectivity index (χ2n) is 7.08. The van der Waals surface area contributed by atoms with E-state index in [1.165, 1.54) is 11.3 Å². The van der Waals surface area contributed by atoms with Crippen LogP contribution in [0.15, 0.2) is 22.1 Å². The van der Waals surface area contributed by atoms with Gasteiger partial charge >= 0.3 is 0 Å². The van der Waals surface area contributed by atoms with Crippen LogP contribution >= 0.6 is 22.9 Å². The summed E-state index contributed by atoms with van der Waals surface area (Å²) in [6.45, 7) is 4.82. The highest BCUT2D eigenvalue weighted by Crippen LogP contribution is 2.38. The van der Waals surface area contributed by atoms with Crippen molar-refractivity contribution in [3.05, 3.63) is 39.8 Å². The molecule has 0 bridgehead atoms. The molecule has 0 N–H and O–H groups in total. The Morgan fingerprint density at radius 1 is 1.25 bits per heavy atom. The molecule has 9 heteroatoms. The standard InChI is InChI=1S/C19H19ClN4O3S/c1-11-17(28-9-21-11)19-23-22-18(27-19)12-3-2-4-24(7-12)8-13-5-15-16(6-14(13)20)26-10-25-15/h5-6,9,12H,2-4,7-8,10H2,1H3/t12-/m0/s1. The first-order valence-corrected chi connectivity index (χ1v) is 10.5.